The Balaban J connectivity index is 3.91. The van der Waals surface area contributed by atoms with Crippen molar-refractivity contribution in [2.45, 2.75) is 51.7 Å². The number of aliphatic imine (C=N–C) groups is 1. The average molecular weight is 317 g/mol. The van der Waals surface area contributed by atoms with E-state index < -0.39 is 0 Å². The standard InChI is InChI=1S/C16H36N4S/c1-7-11-20(12-8-2)13-9-10-18-15(17-5)19-14-16(3,4)21-6/h7-14H2,1-6H3,(H2,17,18,19). The Morgan fingerprint density at radius 1 is 1.10 bits per heavy atom. The van der Waals surface area contributed by atoms with Crippen LogP contribution in [0, 0.1) is 0 Å². The van der Waals surface area contributed by atoms with E-state index in [4.69, 9.17) is 0 Å². The summed E-state index contributed by atoms with van der Waals surface area (Å²) in [5.41, 5.74) is 0. The highest BCUT2D eigenvalue weighted by atomic mass is 32.2. The van der Waals surface area contributed by atoms with Crippen LogP contribution in [0.5, 0.6) is 0 Å². The quantitative estimate of drug-likeness (QED) is 0.349. The van der Waals surface area contributed by atoms with Crippen LogP contribution in [0.3, 0.4) is 0 Å². The lowest BCUT2D eigenvalue weighted by molar-refractivity contribution is 0.271. The first-order chi connectivity index (χ1) is 9.99. The second-order valence-electron chi connectivity index (χ2n) is 6.01. The van der Waals surface area contributed by atoms with Crippen LogP contribution in [0.2, 0.25) is 0 Å². The van der Waals surface area contributed by atoms with Crippen molar-refractivity contribution in [1.82, 2.24) is 15.5 Å². The number of hydrogen-bond acceptors (Lipinski definition) is 3. The van der Waals surface area contributed by atoms with Gasteiger partial charge in [-0.25, -0.2) is 0 Å². The zero-order valence-corrected chi connectivity index (χ0v) is 15.8. The highest BCUT2D eigenvalue weighted by Crippen LogP contribution is 2.19. The lowest BCUT2D eigenvalue weighted by Gasteiger charge is -2.24. The predicted octanol–water partition coefficient (Wildman–Crippen LogP) is 2.81. The molecule has 5 heteroatoms. The summed E-state index contributed by atoms with van der Waals surface area (Å²) in [6.45, 7) is 14.5. The Morgan fingerprint density at radius 3 is 2.19 bits per heavy atom. The Hall–Kier alpha value is -0.420. The minimum Gasteiger partial charge on any atom is -0.356 e. The van der Waals surface area contributed by atoms with Gasteiger partial charge < -0.3 is 15.5 Å². The summed E-state index contributed by atoms with van der Waals surface area (Å²) in [6, 6.07) is 0. The number of thioether (sulfide) groups is 1. The first-order valence-electron chi connectivity index (χ1n) is 8.21. The van der Waals surface area contributed by atoms with Crippen LogP contribution < -0.4 is 10.6 Å². The first kappa shape index (κ1) is 20.6. The molecule has 126 valence electrons. The Bertz CT molecular complexity index is 273. The van der Waals surface area contributed by atoms with Gasteiger partial charge in [-0.15, -0.1) is 0 Å². The SMILES string of the molecule is CCCN(CCC)CCCNC(=NC)NCC(C)(C)SC. The maximum absolute atomic E-state index is 4.29. The van der Waals surface area contributed by atoms with Gasteiger partial charge in [0.05, 0.1) is 0 Å². The van der Waals surface area contributed by atoms with Crippen LogP contribution in [0.1, 0.15) is 47.0 Å². The van der Waals surface area contributed by atoms with Gasteiger partial charge in [0.2, 0.25) is 0 Å². The van der Waals surface area contributed by atoms with Gasteiger partial charge in [0.15, 0.2) is 5.96 Å². The van der Waals surface area contributed by atoms with Crippen molar-refractivity contribution in [3.8, 4) is 0 Å². The molecule has 0 amide bonds. The molecule has 0 fully saturated rings. The zero-order valence-electron chi connectivity index (χ0n) is 15.0. The van der Waals surface area contributed by atoms with Crippen LogP contribution in [0.25, 0.3) is 0 Å². The molecule has 0 atom stereocenters. The molecule has 21 heavy (non-hydrogen) atoms. The van der Waals surface area contributed by atoms with Crippen molar-refractivity contribution >= 4 is 17.7 Å². The minimum absolute atomic E-state index is 0.233. The van der Waals surface area contributed by atoms with Crippen LogP contribution in [-0.4, -0.2) is 61.6 Å². The number of guanidine groups is 1. The van der Waals surface area contributed by atoms with Crippen LogP contribution in [0.15, 0.2) is 4.99 Å². The van der Waals surface area contributed by atoms with Crippen LogP contribution in [0.4, 0.5) is 0 Å². The molecule has 0 unspecified atom stereocenters. The molecule has 0 bridgehead atoms. The molecule has 0 aliphatic carbocycles. The molecule has 2 N–H and O–H groups in total. The Kier molecular flexibility index (Phi) is 11.9. The number of hydrogen-bond donors (Lipinski definition) is 2. The molecule has 0 aliphatic heterocycles. The van der Waals surface area contributed by atoms with E-state index in [1.165, 1.54) is 32.5 Å². The molecular weight excluding hydrogens is 280 g/mol. The minimum atomic E-state index is 0.233. The summed E-state index contributed by atoms with van der Waals surface area (Å²) in [5.74, 6) is 0.912. The molecule has 0 rings (SSSR count). The Morgan fingerprint density at radius 2 is 1.71 bits per heavy atom. The van der Waals surface area contributed by atoms with Crippen molar-refractivity contribution < 1.29 is 0 Å². The highest BCUT2D eigenvalue weighted by molar-refractivity contribution is 7.99. The van der Waals surface area contributed by atoms with E-state index in [1.54, 1.807) is 0 Å². The average Bonchev–Trinajstić information content (AvgIpc) is 2.47. The Labute approximate surface area is 136 Å². The molecule has 0 aliphatic rings. The molecule has 0 radical (unpaired) electrons. The first-order valence-corrected chi connectivity index (χ1v) is 9.43. The predicted molar refractivity (Wildman–Crippen MR) is 98.6 cm³/mol. The molecule has 0 spiro atoms. The topological polar surface area (TPSA) is 39.7 Å². The lowest BCUT2D eigenvalue weighted by Crippen LogP contribution is -2.44. The van der Waals surface area contributed by atoms with Gasteiger partial charge in [-0.3, -0.25) is 4.99 Å². The number of nitrogens with zero attached hydrogens (tertiary/aromatic N) is 2. The van der Waals surface area contributed by atoms with E-state index in [0.29, 0.717) is 0 Å². The summed E-state index contributed by atoms with van der Waals surface area (Å²) in [4.78, 5) is 6.84. The molecule has 0 aromatic heterocycles. The summed E-state index contributed by atoms with van der Waals surface area (Å²) < 4.78 is 0.233. The molecule has 0 aromatic rings. The summed E-state index contributed by atoms with van der Waals surface area (Å²) in [7, 11) is 1.84. The monoisotopic (exact) mass is 316 g/mol. The fourth-order valence-electron chi connectivity index (χ4n) is 2.07. The molecule has 0 saturated heterocycles. The van der Waals surface area contributed by atoms with Gasteiger partial charge in [-0.05, 0) is 59.0 Å². The van der Waals surface area contributed by atoms with Crippen molar-refractivity contribution in [1.29, 1.82) is 0 Å². The van der Waals surface area contributed by atoms with E-state index in [0.717, 1.165) is 25.5 Å². The van der Waals surface area contributed by atoms with Gasteiger partial charge in [-0.2, -0.15) is 11.8 Å². The van der Waals surface area contributed by atoms with Crippen LogP contribution in [-0.2, 0) is 0 Å². The van der Waals surface area contributed by atoms with Gasteiger partial charge in [0.1, 0.15) is 0 Å². The second-order valence-corrected chi connectivity index (χ2v) is 7.52. The van der Waals surface area contributed by atoms with Crippen molar-refractivity contribution in [2.24, 2.45) is 4.99 Å². The van der Waals surface area contributed by atoms with Gasteiger partial charge >= 0.3 is 0 Å². The molecular formula is C16H36N4S. The summed E-state index contributed by atoms with van der Waals surface area (Å²) in [5, 5.41) is 6.81. The van der Waals surface area contributed by atoms with E-state index in [1.807, 2.05) is 18.8 Å². The molecule has 0 aromatic carbocycles. The maximum atomic E-state index is 4.29. The smallest absolute Gasteiger partial charge is 0.191 e. The van der Waals surface area contributed by atoms with Crippen molar-refractivity contribution in [2.75, 3.05) is 46.0 Å². The molecule has 0 heterocycles. The largest absolute Gasteiger partial charge is 0.356 e. The maximum Gasteiger partial charge on any atom is 0.191 e. The van der Waals surface area contributed by atoms with E-state index in [9.17, 15) is 0 Å². The normalized spacial score (nSPS) is 12.8. The van der Waals surface area contributed by atoms with E-state index in [2.05, 4.69) is 54.5 Å². The van der Waals surface area contributed by atoms with E-state index >= 15 is 0 Å². The third-order valence-corrected chi connectivity index (χ3v) is 4.73. The number of nitrogens with one attached hydrogen (secondary N) is 2. The second kappa shape index (κ2) is 12.2. The highest BCUT2D eigenvalue weighted by Gasteiger charge is 2.15. The van der Waals surface area contributed by atoms with Crippen molar-refractivity contribution in [3.05, 3.63) is 0 Å². The summed E-state index contributed by atoms with van der Waals surface area (Å²) >= 11 is 1.87. The lowest BCUT2D eigenvalue weighted by atomic mass is 10.2. The van der Waals surface area contributed by atoms with Crippen LogP contribution >= 0.6 is 11.8 Å². The zero-order chi connectivity index (χ0) is 16.1. The number of rotatable bonds is 11. The molecule has 0 saturated carbocycles. The fourth-order valence-corrected chi connectivity index (χ4v) is 2.28. The van der Waals surface area contributed by atoms with Gasteiger partial charge in [0.25, 0.3) is 0 Å². The van der Waals surface area contributed by atoms with E-state index in [-0.39, 0.29) is 4.75 Å². The van der Waals surface area contributed by atoms with Gasteiger partial charge in [-0.1, -0.05) is 13.8 Å². The fraction of sp³-hybridized carbons (Fsp3) is 0.938. The summed E-state index contributed by atoms with van der Waals surface area (Å²) in [6.07, 6.45) is 5.78. The van der Waals surface area contributed by atoms with Gasteiger partial charge in [0, 0.05) is 24.9 Å². The van der Waals surface area contributed by atoms with Crippen molar-refractivity contribution in [3.63, 3.8) is 0 Å². The molecule has 4 nitrogen and oxygen atoms in total. The third kappa shape index (κ3) is 10.9. The third-order valence-electron chi connectivity index (χ3n) is 3.48.